The molecule has 1 rings (SSSR count). The van der Waals surface area contributed by atoms with Crippen molar-refractivity contribution in [3.63, 3.8) is 0 Å². The number of methoxy groups -OCH3 is 1. The third-order valence-electron chi connectivity index (χ3n) is 2.76. The van der Waals surface area contributed by atoms with E-state index >= 15 is 0 Å². The Morgan fingerprint density at radius 3 is 2.55 bits per heavy atom. The summed E-state index contributed by atoms with van der Waals surface area (Å²) in [5, 5.41) is 5.91. The first-order chi connectivity index (χ1) is 9.97. The lowest BCUT2D eigenvalue weighted by Crippen LogP contribution is -2.38. The second-order valence-electron chi connectivity index (χ2n) is 4.41. The zero-order valence-corrected chi connectivity index (χ0v) is 13.5. The predicted molar refractivity (Wildman–Crippen MR) is 82.3 cm³/mol. The minimum Gasteiger partial charge on any atom is -0.493 e. The maximum Gasteiger partial charge on any atom is 0.387 e. The molecule has 0 aliphatic heterocycles. The summed E-state index contributed by atoms with van der Waals surface area (Å²) in [7, 11) is 1.32. The number of ether oxygens (including phenoxy) is 2. The SMILES string of the molecule is CCN[C@H](C)CNC(=O)c1ccc(OC(F)F)c(OC)c1.Cl. The van der Waals surface area contributed by atoms with Crippen LogP contribution in [0.3, 0.4) is 0 Å². The molecule has 0 spiro atoms. The van der Waals surface area contributed by atoms with E-state index < -0.39 is 6.61 Å². The highest BCUT2D eigenvalue weighted by Crippen LogP contribution is 2.29. The van der Waals surface area contributed by atoms with Gasteiger partial charge in [-0.1, -0.05) is 6.92 Å². The smallest absolute Gasteiger partial charge is 0.387 e. The van der Waals surface area contributed by atoms with Crippen LogP contribution in [0, 0.1) is 0 Å². The molecule has 22 heavy (non-hydrogen) atoms. The lowest BCUT2D eigenvalue weighted by molar-refractivity contribution is -0.0512. The number of halogens is 3. The lowest BCUT2D eigenvalue weighted by Gasteiger charge is -2.14. The number of likely N-dealkylation sites (N-methyl/N-ethyl adjacent to an activating group) is 1. The molecule has 1 aromatic rings. The molecular weight excluding hydrogens is 318 g/mol. The van der Waals surface area contributed by atoms with E-state index in [0.29, 0.717) is 12.1 Å². The molecule has 5 nitrogen and oxygen atoms in total. The van der Waals surface area contributed by atoms with Crippen molar-refractivity contribution in [2.45, 2.75) is 26.5 Å². The molecule has 0 unspecified atom stereocenters. The Kier molecular flexibility index (Phi) is 9.44. The van der Waals surface area contributed by atoms with E-state index in [0.717, 1.165) is 6.54 Å². The van der Waals surface area contributed by atoms with Crippen molar-refractivity contribution >= 4 is 18.3 Å². The standard InChI is InChI=1S/C14H20F2N2O3.ClH/c1-4-17-9(2)8-18-13(19)10-5-6-11(21-14(15)16)12(7-10)20-3;/h5-7,9,14,17H,4,8H2,1-3H3,(H,18,19);1H/t9-;/m1./s1. The van der Waals surface area contributed by atoms with Crippen LogP contribution in [-0.2, 0) is 0 Å². The maximum absolute atomic E-state index is 12.2. The average Bonchev–Trinajstić information content (AvgIpc) is 2.45. The van der Waals surface area contributed by atoms with E-state index in [1.54, 1.807) is 0 Å². The van der Waals surface area contributed by atoms with E-state index in [4.69, 9.17) is 4.74 Å². The normalized spacial score (nSPS) is 11.5. The summed E-state index contributed by atoms with van der Waals surface area (Å²) >= 11 is 0. The molecule has 0 aromatic heterocycles. The topological polar surface area (TPSA) is 59.6 Å². The summed E-state index contributed by atoms with van der Waals surface area (Å²) in [6, 6.07) is 4.20. The first kappa shape index (κ1) is 20.4. The minimum atomic E-state index is -2.94. The molecule has 8 heteroatoms. The van der Waals surface area contributed by atoms with E-state index in [2.05, 4.69) is 15.4 Å². The number of carbonyl (C=O) groups excluding carboxylic acids is 1. The molecule has 0 saturated heterocycles. The van der Waals surface area contributed by atoms with Gasteiger partial charge in [-0.2, -0.15) is 8.78 Å². The van der Waals surface area contributed by atoms with E-state index in [1.165, 1.54) is 25.3 Å². The summed E-state index contributed by atoms with van der Waals surface area (Å²) < 4.78 is 33.7. The van der Waals surface area contributed by atoms with Gasteiger partial charge in [0.2, 0.25) is 0 Å². The van der Waals surface area contributed by atoms with Crippen molar-refractivity contribution in [2.75, 3.05) is 20.2 Å². The van der Waals surface area contributed by atoms with Crippen molar-refractivity contribution in [2.24, 2.45) is 0 Å². The fourth-order valence-electron chi connectivity index (χ4n) is 1.77. The summed E-state index contributed by atoms with van der Waals surface area (Å²) in [5.41, 5.74) is 0.317. The maximum atomic E-state index is 12.2. The van der Waals surface area contributed by atoms with Crippen molar-refractivity contribution in [3.05, 3.63) is 23.8 Å². The highest BCUT2D eigenvalue weighted by molar-refractivity contribution is 5.94. The number of alkyl halides is 2. The van der Waals surface area contributed by atoms with Gasteiger partial charge in [-0.3, -0.25) is 4.79 Å². The Morgan fingerprint density at radius 1 is 1.32 bits per heavy atom. The van der Waals surface area contributed by atoms with E-state index in [9.17, 15) is 13.6 Å². The minimum absolute atomic E-state index is 0. The Morgan fingerprint density at radius 2 is 2.00 bits per heavy atom. The number of rotatable bonds is 8. The van der Waals surface area contributed by atoms with Crippen molar-refractivity contribution in [1.82, 2.24) is 10.6 Å². The molecule has 1 amide bonds. The Bertz CT molecular complexity index is 475. The molecule has 1 atom stereocenters. The molecule has 0 aliphatic rings. The summed E-state index contributed by atoms with van der Waals surface area (Å²) in [6.45, 7) is 2.25. The molecule has 1 aromatic carbocycles. The number of amides is 1. The van der Waals surface area contributed by atoms with Gasteiger partial charge in [0.15, 0.2) is 11.5 Å². The summed E-state index contributed by atoms with van der Waals surface area (Å²) in [6.07, 6.45) is 0. The van der Waals surface area contributed by atoms with Gasteiger partial charge in [-0.15, -0.1) is 12.4 Å². The Labute approximate surface area is 134 Å². The molecule has 0 fully saturated rings. The largest absolute Gasteiger partial charge is 0.493 e. The van der Waals surface area contributed by atoms with Crippen LogP contribution >= 0.6 is 12.4 Å². The first-order valence-electron chi connectivity index (χ1n) is 6.62. The van der Waals surface area contributed by atoms with Crippen molar-refractivity contribution in [1.29, 1.82) is 0 Å². The molecule has 0 bridgehead atoms. The Hall–Kier alpha value is -1.60. The highest BCUT2D eigenvalue weighted by atomic mass is 35.5. The molecule has 2 N–H and O–H groups in total. The van der Waals surface area contributed by atoms with Gasteiger partial charge in [0, 0.05) is 18.2 Å². The van der Waals surface area contributed by atoms with Crippen LogP contribution in [-0.4, -0.2) is 38.8 Å². The van der Waals surface area contributed by atoms with Crippen LogP contribution in [0.2, 0.25) is 0 Å². The molecule has 0 heterocycles. The van der Waals surface area contributed by atoms with Crippen LogP contribution in [0.5, 0.6) is 11.5 Å². The van der Waals surface area contributed by atoms with Crippen LogP contribution < -0.4 is 20.1 Å². The monoisotopic (exact) mass is 338 g/mol. The fraction of sp³-hybridized carbons (Fsp3) is 0.500. The van der Waals surface area contributed by atoms with E-state index in [1.807, 2.05) is 13.8 Å². The predicted octanol–water partition coefficient (Wildman–Crippen LogP) is 2.45. The number of benzene rings is 1. The zero-order chi connectivity index (χ0) is 15.8. The average molecular weight is 339 g/mol. The molecule has 126 valence electrons. The van der Waals surface area contributed by atoms with Gasteiger partial charge in [0.1, 0.15) is 0 Å². The number of hydrogen-bond donors (Lipinski definition) is 2. The lowest BCUT2D eigenvalue weighted by atomic mass is 10.2. The van der Waals surface area contributed by atoms with Crippen molar-refractivity contribution < 1.29 is 23.0 Å². The third-order valence-corrected chi connectivity index (χ3v) is 2.76. The highest BCUT2D eigenvalue weighted by Gasteiger charge is 2.14. The van der Waals surface area contributed by atoms with Crippen molar-refractivity contribution in [3.8, 4) is 11.5 Å². The van der Waals surface area contributed by atoms with Crippen LogP contribution in [0.25, 0.3) is 0 Å². The Balaban J connectivity index is 0.00000441. The van der Waals surface area contributed by atoms with Crippen LogP contribution in [0.1, 0.15) is 24.2 Å². The van der Waals surface area contributed by atoms with E-state index in [-0.39, 0.29) is 35.9 Å². The van der Waals surface area contributed by atoms with Gasteiger partial charge in [-0.05, 0) is 31.7 Å². The van der Waals surface area contributed by atoms with Gasteiger partial charge in [0.25, 0.3) is 5.91 Å². The molecule has 0 aliphatic carbocycles. The molecule has 0 saturated carbocycles. The number of hydrogen-bond acceptors (Lipinski definition) is 4. The summed E-state index contributed by atoms with van der Waals surface area (Å²) in [5.74, 6) is -0.325. The van der Waals surface area contributed by atoms with Crippen LogP contribution in [0.4, 0.5) is 8.78 Å². The van der Waals surface area contributed by atoms with Crippen LogP contribution in [0.15, 0.2) is 18.2 Å². The summed E-state index contributed by atoms with van der Waals surface area (Å²) in [4.78, 5) is 12.0. The second kappa shape index (κ2) is 10.2. The number of carbonyl (C=O) groups is 1. The van der Waals surface area contributed by atoms with Gasteiger partial charge in [-0.25, -0.2) is 0 Å². The van der Waals surface area contributed by atoms with Gasteiger partial charge >= 0.3 is 6.61 Å². The van der Waals surface area contributed by atoms with Gasteiger partial charge in [0.05, 0.1) is 7.11 Å². The zero-order valence-electron chi connectivity index (χ0n) is 12.7. The second-order valence-corrected chi connectivity index (χ2v) is 4.41. The first-order valence-corrected chi connectivity index (χ1v) is 6.62. The molecule has 0 radical (unpaired) electrons. The quantitative estimate of drug-likeness (QED) is 0.764. The van der Waals surface area contributed by atoms with Gasteiger partial charge < -0.3 is 20.1 Å². The fourth-order valence-corrected chi connectivity index (χ4v) is 1.77. The molecular formula is C14H21ClF2N2O3. The third kappa shape index (κ3) is 6.44. The number of nitrogens with one attached hydrogen (secondary N) is 2.